The van der Waals surface area contributed by atoms with Crippen LogP contribution in [0.2, 0.25) is 0 Å². The van der Waals surface area contributed by atoms with Gasteiger partial charge in [-0.15, -0.1) is 0 Å². The van der Waals surface area contributed by atoms with Gasteiger partial charge in [0.05, 0.1) is 6.10 Å². The molecular formula is C13H17BrFNO. The molecule has 94 valence electrons. The molecule has 0 bridgehead atoms. The molecule has 1 aromatic carbocycles. The minimum absolute atomic E-state index is 0.199. The van der Waals surface area contributed by atoms with Gasteiger partial charge >= 0.3 is 0 Å². The molecule has 0 radical (unpaired) electrons. The zero-order valence-corrected chi connectivity index (χ0v) is 11.5. The lowest BCUT2D eigenvalue weighted by Gasteiger charge is -2.20. The molecule has 1 N–H and O–H groups in total. The monoisotopic (exact) mass is 301 g/mol. The van der Waals surface area contributed by atoms with Crippen LogP contribution in [0.25, 0.3) is 0 Å². The van der Waals surface area contributed by atoms with Gasteiger partial charge in [0.15, 0.2) is 0 Å². The molecule has 0 spiro atoms. The zero-order valence-electron chi connectivity index (χ0n) is 9.88. The SMILES string of the molecule is CC(NCc1cc(F)ccc1Br)C1CCCO1. The van der Waals surface area contributed by atoms with Crippen molar-refractivity contribution in [1.29, 1.82) is 0 Å². The van der Waals surface area contributed by atoms with Crippen molar-refractivity contribution in [1.82, 2.24) is 5.32 Å². The number of benzene rings is 1. The summed E-state index contributed by atoms with van der Waals surface area (Å²) in [7, 11) is 0. The van der Waals surface area contributed by atoms with E-state index in [4.69, 9.17) is 4.74 Å². The highest BCUT2D eigenvalue weighted by molar-refractivity contribution is 9.10. The molecule has 2 atom stereocenters. The van der Waals surface area contributed by atoms with Crippen LogP contribution in [0.15, 0.2) is 22.7 Å². The lowest BCUT2D eigenvalue weighted by molar-refractivity contribution is 0.0832. The van der Waals surface area contributed by atoms with Crippen molar-refractivity contribution in [3.63, 3.8) is 0 Å². The summed E-state index contributed by atoms with van der Waals surface area (Å²) in [5.41, 5.74) is 0.940. The van der Waals surface area contributed by atoms with Gasteiger partial charge < -0.3 is 10.1 Å². The van der Waals surface area contributed by atoms with Crippen molar-refractivity contribution in [2.24, 2.45) is 0 Å². The number of rotatable bonds is 4. The smallest absolute Gasteiger partial charge is 0.123 e. The fourth-order valence-corrected chi connectivity index (χ4v) is 2.46. The summed E-state index contributed by atoms with van der Waals surface area (Å²) in [6, 6.07) is 5.05. The van der Waals surface area contributed by atoms with E-state index in [1.54, 1.807) is 12.1 Å². The molecule has 2 nitrogen and oxygen atoms in total. The first-order chi connectivity index (χ1) is 8.16. The van der Waals surface area contributed by atoms with E-state index in [0.29, 0.717) is 18.7 Å². The lowest BCUT2D eigenvalue weighted by atomic mass is 10.1. The van der Waals surface area contributed by atoms with Gasteiger partial charge in [-0.2, -0.15) is 0 Å². The van der Waals surface area contributed by atoms with E-state index in [9.17, 15) is 4.39 Å². The molecule has 17 heavy (non-hydrogen) atoms. The van der Waals surface area contributed by atoms with Crippen LogP contribution >= 0.6 is 15.9 Å². The largest absolute Gasteiger partial charge is 0.377 e. The van der Waals surface area contributed by atoms with Gasteiger partial charge in [-0.3, -0.25) is 0 Å². The zero-order chi connectivity index (χ0) is 12.3. The minimum atomic E-state index is -0.199. The van der Waals surface area contributed by atoms with Crippen molar-refractivity contribution in [3.05, 3.63) is 34.1 Å². The van der Waals surface area contributed by atoms with Gasteiger partial charge in [-0.05, 0) is 43.5 Å². The van der Waals surface area contributed by atoms with E-state index in [2.05, 4.69) is 28.2 Å². The Morgan fingerprint density at radius 3 is 3.12 bits per heavy atom. The van der Waals surface area contributed by atoms with Crippen LogP contribution in [0, 0.1) is 5.82 Å². The van der Waals surface area contributed by atoms with Crippen molar-refractivity contribution >= 4 is 15.9 Å². The predicted molar refractivity (Wildman–Crippen MR) is 69.4 cm³/mol. The first-order valence-electron chi connectivity index (χ1n) is 5.96. The van der Waals surface area contributed by atoms with Crippen LogP contribution in [0.5, 0.6) is 0 Å². The Labute approximate surface area is 110 Å². The second-order valence-electron chi connectivity index (χ2n) is 4.46. The third kappa shape index (κ3) is 3.50. The first kappa shape index (κ1) is 13.0. The van der Waals surface area contributed by atoms with Crippen LogP contribution in [0.1, 0.15) is 25.3 Å². The van der Waals surface area contributed by atoms with E-state index >= 15 is 0 Å². The maximum Gasteiger partial charge on any atom is 0.123 e. The third-order valence-electron chi connectivity index (χ3n) is 3.14. The standard InChI is InChI=1S/C13H17BrFNO/c1-9(13-3-2-6-17-13)16-8-10-7-11(15)4-5-12(10)14/h4-5,7,9,13,16H,2-3,6,8H2,1H3. The Balaban J connectivity index is 1.90. The normalized spacial score (nSPS) is 21.7. The molecule has 1 aromatic rings. The summed E-state index contributed by atoms with van der Waals surface area (Å²) in [6.45, 7) is 3.63. The number of hydrogen-bond acceptors (Lipinski definition) is 2. The number of ether oxygens (including phenoxy) is 1. The van der Waals surface area contributed by atoms with Gasteiger partial charge in [-0.1, -0.05) is 15.9 Å². The summed E-state index contributed by atoms with van der Waals surface area (Å²) < 4.78 is 19.6. The molecule has 0 amide bonds. The van der Waals surface area contributed by atoms with Crippen molar-refractivity contribution in [3.8, 4) is 0 Å². The molecule has 2 unspecified atom stereocenters. The Hall–Kier alpha value is -0.450. The molecule has 0 aliphatic carbocycles. The van der Waals surface area contributed by atoms with Crippen LogP contribution < -0.4 is 5.32 Å². The summed E-state index contributed by atoms with van der Waals surface area (Å²) in [5, 5.41) is 3.39. The molecule has 1 aliphatic rings. The van der Waals surface area contributed by atoms with Gasteiger partial charge in [0.25, 0.3) is 0 Å². The molecule has 1 heterocycles. The van der Waals surface area contributed by atoms with Gasteiger partial charge in [0, 0.05) is 23.7 Å². The first-order valence-corrected chi connectivity index (χ1v) is 6.75. The van der Waals surface area contributed by atoms with Gasteiger partial charge in [-0.25, -0.2) is 4.39 Å². The van der Waals surface area contributed by atoms with E-state index in [1.165, 1.54) is 6.07 Å². The highest BCUT2D eigenvalue weighted by atomic mass is 79.9. The second-order valence-corrected chi connectivity index (χ2v) is 5.31. The molecule has 4 heteroatoms. The third-order valence-corrected chi connectivity index (χ3v) is 3.92. The Bertz CT molecular complexity index is 380. The van der Waals surface area contributed by atoms with Crippen LogP contribution in [0.4, 0.5) is 4.39 Å². The van der Waals surface area contributed by atoms with Crippen LogP contribution in [-0.2, 0) is 11.3 Å². The maximum atomic E-state index is 13.1. The van der Waals surface area contributed by atoms with Crippen LogP contribution in [0.3, 0.4) is 0 Å². The molecule has 2 rings (SSSR count). The van der Waals surface area contributed by atoms with Crippen LogP contribution in [-0.4, -0.2) is 18.8 Å². The Morgan fingerprint density at radius 2 is 2.41 bits per heavy atom. The van der Waals surface area contributed by atoms with Gasteiger partial charge in [0.2, 0.25) is 0 Å². The van der Waals surface area contributed by atoms with E-state index < -0.39 is 0 Å². The lowest BCUT2D eigenvalue weighted by Crippen LogP contribution is -2.36. The number of hydrogen-bond donors (Lipinski definition) is 1. The Morgan fingerprint density at radius 1 is 1.59 bits per heavy atom. The average Bonchev–Trinajstić information content (AvgIpc) is 2.83. The molecule has 0 aromatic heterocycles. The highest BCUT2D eigenvalue weighted by Gasteiger charge is 2.21. The summed E-state index contributed by atoms with van der Waals surface area (Å²) in [5.74, 6) is -0.199. The second kappa shape index (κ2) is 5.94. The van der Waals surface area contributed by atoms with Gasteiger partial charge in [0.1, 0.15) is 5.82 Å². The quantitative estimate of drug-likeness (QED) is 0.922. The minimum Gasteiger partial charge on any atom is -0.377 e. The summed E-state index contributed by atoms with van der Waals surface area (Å²) in [4.78, 5) is 0. The predicted octanol–water partition coefficient (Wildman–Crippen LogP) is 3.25. The highest BCUT2D eigenvalue weighted by Crippen LogP contribution is 2.19. The van der Waals surface area contributed by atoms with E-state index in [1.807, 2.05) is 0 Å². The number of nitrogens with one attached hydrogen (secondary N) is 1. The maximum absolute atomic E-state index is 13.1. The molecule has 1 fully saturated rings. The summed E-state index contributed by atoms with van der Waals surface area (Å²) >= 11 is 3.43. The molecule has 0 saturated carbocycles. The molecule has 1 saturated heterocycles. The fraction of sp³-hybridized carbons (Fsp3) is 0.538. The topological polar surface area (TPSA) is 21.3 Å². The Kier molecular flexibility index (Phi) is 4.54. The molecule has 1 aliphatic heterocycles. The van der Waals surface area contributed by atoms with Crippen molar-refractivity contribution in [2.45, 2.75) is 38.5 Å². The van der Waals surface area contributed by atoms with E-state index in [-0.39, 0.29) is 5.82 Å². The molecular weight excluding hydrogens is 285 g/mol. The summed E-state index contributed by atoms with van der Waals surface area (Å²) in [6.07, 6.45) is 2.54. The van der Waals surface area contributed by atoms with Crippen molar-refractivity contribution in [2.75, 3.05) is 6.61 Å². The van der Waals surface area contributed by atoms with Crippen molar-refractivity contribution < 1.29 is 9.13 Å². The van der Waals surface area contributed by atoms with E-state index in [0.717, 1.165) is 29.5 Å². The fourth-order valence-electron chi connectivity index (χ4n) is 2.08. The number of halogens is 2. The average molecular weight is 302 g/mol.